The number of pyridine rings is 1. The number of likely N-dealkylation sites (tertiary alicyclic amines) is 1. The van der Waals surface area contributed by atoms with E-state index in [0.717, 1.165) is 18.8 Å². The molecular formula is C9H12N2O. The van der Waals surface area contributed by atoms with Gasteiger partial charge < -0.3 is 4.74 Å². The van der Waals surface area contributed by atoms with Crippen LogP contribution < -0.4 is 4.74 Å². The van der Waals surface area contributed by atoms with E-state index in [4.69, 9.17) is 4.74 Å². The fourth-order valence-electron chi connectivity index (χ4n) is 1.33. The molecule has 12 heavy (non-hydrogen) atoms. The number of ether oxygens (including phenoxy) is 1. The van der Waals surface area contributed by atoms with Gasteiger partial charge in [-0.3, -0.25) is 9.88 Å². The third kappa shape index (κ3) is 1.56. The van der Waals surface area contributed by atoms with Gasteiger partial charge in [-0.25, -0.2) is 0 Å². The highest BCUT2D eigenvalue weighted by molar-refractivity contribution is 5.16. The Bertz CT molecular complexity index is 244. The average Bonchev–Trinajstić information content (AvgIpc) is 2.04. The van der Waals surface area contributed by atoms with Crippen molar-refractivity contribution in [2.24, 2.45) is 0 Å². The van der Waals surface area contributed by atoms with Crippen molar-refractivity contribution >= 4 is 0 Å². The SMILES string of the molecule is CN1CC(Oc2cccnc2)C1. The summed E-state index contributed by atoms with van der Waals surface area (Å²) in [4.78, 5) is 6.20. The third-order valence-electron chi connectivity index (χ3n) is 1.97. The first-order valence-corrected chi connectivity index (χ1v) is 4.10. The van der Waals surface area contributed by atoms with Gasteiger partial charge in [0.2, 0.25) is 0 Å². The molecule has 1 aromatic heterocycles. The average molecular weight is 164 g/mol. The Morgan fingerprint density at radius 1 is 1.58 bits per heavy atom. The predicted molar refractivity (Wildman–Crippen MR) is 46.2 cm³/mol. The van der Waals surface area contributed by atoms with Crippen molar-refractivity contribution in [2.45, 2.75) is 6.10 Å². The van der Waals surface area contributed by atoms with E-state index in [1.807, 2.05) is 12.1 Å². The Balaban J connectivity index is 1.88. The van der Waals surface area contributed by atoms with E-state index < -0.39 is 0 Å². The summed E-state index contributed by atoms with van der Waals surface area (Å²) in [5.74, 6) is 0.871. The molecule has 1 aliphatic rings. The largest absolute Gasteiger partial charge is 0.486 e. The number of aromatic nitrogens is 1. The molecule has 0 aromatic carbocycles. The Morgan fingerprint density at radius 3 is 3.00 bits per heavy atom. The number of hydrogen-bond donors (Lipinski definition) is 0. The zero-order chi connectivity index (χ0) is 8.39. The van der Waals surface area contributed by atoms with Gasteiger partial charge in [0.05, 0.1) is 6.20 Å². The van der Waals surface area contributed by atoms with Gasteiger partial charge in [-0.1, -0.05) is 0 Å². The number of rotatable bonds is 2. The summed E-state index contributed by atoms with van der Waals surface area (Å²) in [6, 6.07) is 3.82. The van der Waals surface area contributed by atoms with Crippen LogP contribution in [0.25, 0.3) is 0 Å². The van der Waals surface area contributed by atoms with Crippen LogP contribution in [-0.2, 0) is 0 Å². The van der Waals surface area contributed by atoms with Crippen molar-refractivity contribution in [1.82, 2.24) is 9.88 Å². The normalized spacial score (nSPS) is 18.8. The molecular weight excluding hydrogens is 152 g/mol. The van der Waals surface area contributed by atoms with Gasteiger partial charge in [-0.05, 0) is 19.2 Å². The molecule has 0 atom stereocenters. The van der Waals surface area contributed by atoms with Crippen LogP contribution in [0.3, 0.4) is 0 Å². The summed E-state index contributed by atoms with van der Waals surface area (Å²) in [7, 11) is 2.09. The maximum Gasteiger partial charge on any atom is 0.138 e. The molecule has 0 N–H and O–H groups in total. The highest BCUT2D eigenvalue weighted by atomic mass is 16.5. The second kappa shape index (κ2) is 3.11. The molecule has 2 heterocycles. The molecule has 3 heteroatoms. The molecule has 0 saturated carbocycles. The Morgan fingerprint density at radius 2 is 2.42 bits per heavy atom. The van der Waals surface area contributed by atoms with Crippen molar-refractivity contribution in [2.75, 3.05) is 20.1 Å². The van der Waals surface area contributed by atoms with E-state index in [9.17, 15) is 0 Å². The molecule has 64 valence electrons. The van der Waals surface area contributed by atoms with Gasteiger partial charge in [0.1, 0.15) is 11.9 Å². The topological polar surface area (TPSA) is 25.4 Å². The first-order chi connectivity index (χ1) is 5.84. The van der Waals surface area contributed by atoms with Crippen molar-refractivity contribution in [1.29, 1.82) is 0 Å². The number of hydrogen-bond acceptors (Lipinski definition) is 3. The molecule has 2 rings (SSSR count). The zero-order valence-electron chi connectivity index (χ0n) is 7.10. The minimum atomic E-state index is 0.360. The van der Waals surface area contributed by atoms with Gasteiger partial charge in [0.15, 0.2) is 0 Å². The fraction of sp³-hybridized carbons (Fsp3) is 0.444. The fourth-order valence-corrected chi connectivity index (χ4v) is 1.33. The van der Waals surface area contributed by atoms with E-state index in [1.165, 1.54) is 0 Å². The molecule has 0 radical (unpaired) electrons. The smallest absolute Gasteiger partial charge is 0.138 e. The second-order valence-corrected chi connectivity index (χ2v) is 3.15. The molecule has 0 amide bonds. The molecule has 0 bridgehead atoms. The third-order valence-corrected chi connectivity index (χ3v) is 1.97. The summed E-state index contributed by atoms with van der Waals surface area (Å²) in [6.45, 7) is 2.05. The Hall–Kier alpha value is -1.09. The van der Waals surface area contributed by atoms with Crippen molar-refractivity contribution < 1.29 is 4.74 Å². The summed E-state index contributed by atoms with van der Waals surface area (Å²) in [5.41, 5.74) is 0. The lowest BCUT2D eigenvalue weighted by Gasteiger charge is -2.35. The highest BCUT2D eigenvalue weighted by Crippen LogP contribution is 2.14. The van der Waals surface area contributed by atoms with Crippen LogP contribution in [0, 0.1) is 0 Å². The minimum Gasteiger partial charge on any atom is -0.486 e. The van der Waals surface area contributed by atoms with Gasteiger partial charge in [-0.2, -0.15) is 0 Å². The maximum absolute atomic E-state index is 5.62. The summed E-state index contributed by atoms with van der Waals surface area (Å²) in [6.07, 6.45) is 3.86. The first kappa shape index (κ1) is 7.55. The second-order valence-electron chi connectivity index (χ2n) is 3.15. The van der Waals surface area contributed by atoms with Crippen LogP contribution >= 0.6 is 0 Å². The first-order valence-electron chi connectivity index (χ1n) is 4.10. The van der Waals surface area contributed by atoms with Crippen LogP contribution in [0.5, 0.6) is 5.75 Å². The zero-order valence-corrected chi connectivity index (χ0v) is 7.10. The van der Waals surface area contributed by atoms with Crippen molar-refractivity contribution in [3.05, 3.63) is 24.5 Å². The molecule has 1 aromatic rings. The van der Waals surface area contributed by atoms with Gasteiger partial charge in [0.25, 0.3) is 0 Å². The van der Waals surface area contributed by atoms with Crippen LogP contribution in [-0.4, -0.2) is 36.1 Å². The van der Waals surface area contributed by atoms with Crippen LogP contribution in [0.4, 0.5) is 0 Å². The van der Waals surface area contributed by atoms with Gasteiger partial charge in [0, 0.05) is 19.3 Å². The van der Waals surface area contributed by atoms with E-state index in [2.05, 4.69) is 16.9 Å². The quantitative estimate of drug-likeness (QED) is 0.645. The minimum absolute atomic E-state index is 0.360. The Kier molecular flexibility index (Phi) is 1.96. The lowest BCUT2D eigenvalue weighted by Crippen LogP contribution is -2.51. The van der Waals surface area contributed by atoms with E-state index >= 15 is 0 Å². The molecule has 0 unspecified atom stereocenters. The summed E-state index contributed by atoms with van der Waals surface area (Å²) >= 11 is 0. The lowest BCUT2D eigenvalue weighted by molar-refractivity contribution is 0.0386. The highest BCUT2D eigenvalue weighted by Gasteiger charge is 2.24. The Labute approximate surface area is 72.0 Å². The number of likely N-dealkylation sites (N-methyl/N-ethyl adjacent to an activating group) is 1. The van der Waals surface area contributed by atoms with Gasteiger partial charge >= 0.3 is 0 Å². The molecule has 0 spiro atoms. The van der Waals surface area contributed by atoms with E-state index in [0.29, 0.717) is 6.10 Å². The maximum atomic E-state index is 5.62. The van der Waals surface area contributed by atoms with Crippen LogP contribution in [0.2, 0.25) is 0 Å². The molecule has 1 saturated heterocycles. The van der Waals surface area contributed by atoms with Gasteiger partial charge in [-0.15, -0.1) is 0 Å². The predicted octanol–water partition coefficient (Wildman–Crippen LogP) is 0.774. The van der Waals surface area contributed by atoms with Crippen molar-refractivity contribution in [3.8, 4) is 5.75 Å². The van der Waals surface area contributed by atoms with Crippen LogP contribution in [0.1, 0.15) is 0 Å². The number of nitrogens with zero attached hydrogens (tertiary/aromatic N) is 2. The van der Waals surface area contributed by atoms with E-state index in [-0.39, 0.29) is 0 Å². The van der Waals surface area contributed by atoms with Crippen molar-refractivity contribution in [3.63, 3.8) is 0 Å². The molecule has 3 nitrogen and oxygen atoms in total. The molecule has 1 aliphatic heterocycles. The monoisotopic (exact) mass is 164 g/mol. The molecule has 1 fully saturated rings. The standard InChI is InChI=1S/C9H12N2O/c1-11-6-9(7-11)12-8-3-2-4-10-5-8/h2-5,9H,6-7H2,1H3. The summed E-state index contributed by atoms with van der Waals surface area (Å²) < 4.78 is 5.62. The lowest BCUT2D eigenvalue weighted by atomic mass is 10.2. The molecule has 0 aliphatic carbocycles. The van der Waals surface area contributed by atoms with Crippen LogP contribution in [0.15, 0.2) is 24.5 Å². The summed E-state index contributed by atoms with van der Waals surface area (Å²) in [5, 5.41) is 0. The van der Waals surface area contributed by atoms with E-state index in [1.54, 1.807) is 12.4 Å².